The Labute approximate surface area is 100 Å². The molecule has 0 saturated heterocycles. The molecule has 0 aliphatic rings. The third-order valence-electron chi connectivity index (χ3n) is 2.43. The number of carbonyl (C=O) groups is 1. The van der Waals surface area contributed by atoms with E-state index in [0.29, 0.717) is 13.0 Å². The van der Waals surface area contributed by atoms with Gasteiger partial charge in [0.05, 0.1) is 6.04 Å². The van der Waals surface area contributed by atoms with E-state index in [1.807, 2.05) is 19.2 Å². The van der Waals surface area contributed by atoms with Gasteiger partial charge in [-0.3, -0.25) is 4.79 Å². The quantitative estimate of drug-likeness (QED) is 0.796. The van der Waals surface area contributed by atoms with Crippen LogP contribution in [0, 0.1) is 5.92 Å². The van der Waals surface area contributed by atoms with Gasteiger partial charge in [0.2, 0.25) is 5.91 Å². The second-order valence-electron chi connectivity index (χ2n) is 3.94. The lowest BCUT2D eigenvalue weighted by atomic mass is 10.1. The summed E-state index contributed by atoms with van der Waals surface area (Å²) in [5.74, 6) is 0.286. The second kappa shape index (κ2) is 6.60. The fourth-order valence-corrected chi connectivity index (χ4v) is 2.17. The van der Waals surface area contributed by atoms with Crippen LogP contribution >= 0.6 is 11.3 Å². The largest absolute Gasteiger partial charge is 0.347 e. The lowest BCUT2D eigenvalue weighted by Gasteiger charge is -2.16. The van der Waals surface area contributed by atoms with Gasteiger partial charge in [0.25, 0.3) is 0 Å². The number of rotatable bonds is 6. The van der Waals surface area contributed by atoms with Gasteiger partial charge in [-0.15, -0.1) is 11.3 Å². The highest BCUT2D eigenvalue weighted by molar-refractivity contribution is 7.09. The van der Waals surface area contributed by atoms with Crippen molar-refractivity contribution in [3.05, 3.63) is 16.6 Å². The van der Waals surface area contributed by atoms with Crippen molar-refractivity contribution in [2.24, 2.45) is 11.7 Å². The van der Waals surface area contributed by atoms with Gasteiger partial charge >= 0.3 is 0 Å². The first-order chi connectivity index (χ1) is 7.67. The Bertz CT molecular complexity index is 313. The van der Waals surface area contributed by atoms with Crippen LogP contribution in [-0.2, 0) is 4.79 Å². The van der Waals surface area contributed by atoms with Crippen molar-refractivity contribution in [3.8, 4) is 0 Å². The zero-order valence-electron chi connectivity index (χ0n) is 9.77. The normalized spacial score (nSPS) is 14.4. The molecule has 1 rings (SSSR count). The van der Waals surface area contributed by atoms with E-state index in [0.717, 1.165) is 11.4 Å². The molecule has 0 aliphatic carbocycles. The van der Waals surface area contributed by atoms with E-state index in [2.05, 4.69) is 10.3 Å². The van der Waals surface area contributed by atoms with Crippen molar-refractivity contribution in [3.63, 3.8) is 0 Å². The molecule has 2 atom stereocenters. The SMILES string of the molecule is CCC(NC(=O)CC(C)CN)c1nccs1. The molecule has 4 nitrogen and oxygen atoms in total. The Balaban J connectivity index is 2.48. The van der Waals surface area contributed by atoms with Gasteiger partial charge in [0.15, 0.2) is 0 Å². The summed E-state index contributed by atoms with van der Waals surface area (Å²) in [5, 5.41) is 5.88. The Hall–Kier alpha value is -0.940. The summed E-state index contributed by atoms with van der Waals surface area (Å²) in [6.45, 7) is 4.56. The van der Waals surface area contributed by atoms with Crippen LogP contribution < -0.4 is 11.1 Å². The van der Waals surface area contributed by atoms with Gasteiger partial charge in [-0.05, 0) is 18.9 Å². The van der Waals surface area contributed by atoms with Gasteiger partial charge in [-0.1, -0.05) is 13.8 Å². The number of hydrogen-bond donors (Lipinski definition) is 2. The molecule has 16 heavy (non-hydrogen) atoms. The fourth-order valence-electron chi connectivity index (χ4n) is 1.40. The monoisotopic (exact) mass is 241 g/mol. The minimum Gasteiger partial charge on any atom is -0.347 e. The zero-order chi connectivity index (χ0) is 12.0. The molecule has 3 N–H and O–H groups in total. The topological polar surface area (TPSA) is 68.0 Å². The molecule has 0 fully saturated rings. The first-order valence-electron chi connectivity index (χ1n) is 5.56. The standard InChI is InChI=1S/C11H19N3OS/c1-3-9(11-13-4-5-16-11)14-10(15)6-8(2)7-12/h4-5,8-9H,3,6-7,12H2,1-2H3,(H,14,15). The predicted molar refractivity (Wildman–Crippen MR) is 66.1 cm³/mol. The van der Waals surface area contributed by atoms with Crippen LogP contribution in [0.4, 0.5) is 0 Å². The molecule has 0 radical (unpaired) electrons. The minimum absolute atomic E-state index is 0.0393. The van der Waals surface area contributed by atoms with Crippen molar-refractivity contribution < 1.29 is 4.79 Å². The molecule has 0 spiro atoms. The summed E-state index contributed by atoms with van der Waals surface area (Å²) in [6.07, 6.45) is 3.10. The summed E-state index contributed by atoms with van der Waals surface area (Å²) in [4.78, 5) is 15.9. The molecule has 1 amide bonds. The molecular weight excluding hydrogens is 222 g/mol. The van der Waals surface area contributed by atoms with Crippen molar-refractivity contribution >= 4 is 17.2 Å². The maximum absolute atomic E-state index is 11.7. The predicted octanol–water partition coefficient (Wildman–Crippen LogP) is 1.70. The molecule has 0 aliphatic heterocycles. The van der Waals surface area contributed by atoms with Crippen LogP contribution in [-0.4, -0.2) is 17.4 Å². The number of nitrogens with two attached hydrogens (primary N) is 1. The molecule has 1 aromatic rings. The Morgan fingerprint density at radius 1 is 1.69 bits per heavy atom. The third-order valence-corrected chi connectivity index (χ3v) is 3.32. The first kappa shape index (κ1) is 13.1. The van der Waals surface area contributed by atoms with Gasteiger partial charge < -0.3 is 11.1 Å². The lowest BCUT2D eigenvalue weighted by molar-refractivity contribution is -0.122. The molecule has 0 aromatic carbocycles. The summed E-state index contributed by atoms with van der Waals surface area (Å²) in [6, 6.07) is 0.0393. The van der Waals surface area contributed by atoms with Crippen LogP contribution in [0.15, 0.2) is 11.6 Å². The number of amides is 1. The maximum atomic E-state index is 11.7. The van der Waals surface area contributed by atoms with Crippen molar-refractivity contribution in [1.29, 1.82) is 0 Å². The Morgan fingerprint density at radius 2 is 2.44 bits per heavy atom. The van der Waals surface area contributed by atoms with Crippen molar-refractivity contribution in [1.82, 2.24) is 10.3 Å². The number of aromatic nitrogens is 1. The van der Waals surface area contributed by atoms with Crippen molar-refractivity contribution in [2.45, 2.75) is 32.7 Å². The molecule has 0 saturated carbocycles. The number of nitrogens with zero attached hydrogens (tertiary/aromatic N) is 1. The minimum atomic E-state index is 0.0393. The average molecular weight is 241 g/mol. The van der Waals surface area contributed by atoms with Crippen LogP contribution in [0.5, 0.6) is 0 Å². The Kier molecular flexibility index (Phi) is 5.42. The summed E-state index contributed by atoms with van der Waals surface area (Å²) in [5.41, 5.74) is 5.49. The van der Waals surface area contributed by atoms with E-state index >= 15 is 0 Å². The molecule has 1 aromatic heterocycles. The molecule has 5 heteroatoms. The van der Waals surface area contributed by atoms with E-state index in [1.54, 1.807) is 17.5 Å². The number of carbonyl (C=O) groups excluding carboxylic acids is 1. The first-order valence-corrected chi connectivity index (χ1v) is 6.44. The van der Waals surface area contributed by atoms with Gasteiger partial charge in [-0.2, -0.15) is 0 Å². The molecule has 0 bridgehead atoms. The van der Waals surface area contributed by atoms with Crippen LogP contribution in [0.25, 0.3) is 0 Å². The van der Waals surface area contributed by atoms with Crippen molar-refractivity contribution in [2.75, 3.05) is 6.54 Å². The van der Waals surface area contributed by atoms with Gasteiger partial charge in [0.1, 0.15) is 5.01 Å². The highest BCUT2D eigenvalue weighted by atomic mass is 32.1. The highest BCUT2D eigenvalue weighted by Gasteiger charge is 2.16. The second-order valence-corrected chi connectivity index (χ2v) is 4.87. The van der Waals surface area contributed by atoms with Crippen LogP contribution in [0.1, 0.15) is 37.7 Å². The fraction of sp³-hybridized carbons (Fsp3) is 0.636. The maximum Gasteiger partial charge on any atom is 0.220 e. The number of nitrogens with one attached hydrogen (secondary N) is 1. The third kappa shape index (κ3) is 3.90. The van der Waals surface area contributed by atoms with E-state index in [9.17, 15) is 4.79 Å². The molecular formula is C11H19N3OS. The van der Waals surface area contributed by atoms with E-state index in [4.69, 9.17) is 5.73 Å². The van der Waals surface area contributed by atoms with Crippen LogP contribution in [0.2, 0.25) is 0 Å². The average Bonchev–Trinajstić information content (AvgIpc) is 2.79. The van der Waals surface area contributed by atoms with Crippen LogP contribution in [0.3, 0.4) is 0 Å². The summed E-state index contributed by atoms with van der Waals surface area (Å²) >= 11 is 1.57. The number of thiazole rings is 1. The van der Waals surface area contributed by atoms with E-state index in [-0.39, 0.29) is 17.9 Å². The van der Waals surface area contributed by atoms with Gasteiger partial charge in [-0.25, -0.2) is 4.98 Å². The lowest BCUT2D eigenvalue weighted by Crippen LogP contribution is -2.30. The van der Waals surface area contributed by atoms with Gasteiger partial charge in [0, 0.05) is 18.0 Å². The molecule has 1 heterocycles. The highest BCUT2D eigenvalue weighted by Crippen LogP contribution is 2.19. The smallest absolute Gasteiger partial charge is 0.220 e. The zero-order valence-corrected chi connectivity index (χ0v) is 10.6. The molecule has 90 valence electrons. The number of hydrogen-bond acceptors (Lipinski definition) is 4. The van der Waals surface area contributed by atoms with E-state index < -0.39 is 0 Å². The summed E-state index contributed by atoms with van der Waals surface area (Å²) in [7, 11) is 0. The Morgan fingerprint density at radius 3 is 2.94 bits per heavy atom. The van der Waals surface area contributed by atoms with E-state index in [1.165, 1.54) is 0 Å². The summed E-state index contributed by atoms with van der Waals surface area (Å²) < 4.78 is 0. The molecule has 2 unspecified atom stereocenters.